The van der Waals surface area contributed by atoms with Crippen LogP contribution in [0.3, 0.4) is 0 Å². The molecule has 0 saturated heterocycles. The number of aromatic nitrogens is 2. The molecule has 5 heteroatoms. The number of rotatable bonds is 1. The van der Waals surface area contributed by atoms with E-state index >= 15 is 0 Å². The second kappa shape index (κ2) is 4.63. The van der Waals surface area contributed by atoms with E-state index in [0.29, 0.717) is 13.9 Å². The molecule has 0 aliphatic carbocycles. The number of hydrogen-bond acceptors (Lipinski definition) is 2. The molecule has 0 radical (unpaired) electrons. The molecule has 0 fully saturated rings. The van der Waals surface area contributed by atoms with E-state index < -0.39 is 0 Å². The van der Waals surface area contributed by atoms with E-state index in [1.54, 1.807) is 24.5 Å². The zero-order valence-electron chi connectivity index (χ0n) is 7.42. The van der Waals surface area contributed by atoms with Crippen molar-refractivity contribution in [3.05, 3.63) is 44.5 Å². The third-order valence-electron chi connectivity index (χ3n) is 1.87. The molecule has 0 spiro atoms. The van der Waals surface area contributed by atoms with Crippen molar-refractivity contribution in [1.29, 1.82) is 0 Å². The van der Waals surface area contributed by atoms with E-state index in [-0.39, 0.29) is 0 Å². The Morgan fingerprint density at radius 3 is 2.07 bits per heavy atom. The highest BCUT2D eigenvalue weighted by Gasteiger charge is 2.08. The van der Waals surface area contributed by atoms with Crippen LogP contribution in [0.5, 0.6) is 0 Å². The molecular formula is C10H5Cl2IN2. The van der Waals surface area contributed by atoms with Gasteiger partial charge in [0.05, 0.1) is 10.0 Å². The fourth-order valence-electron chi connectivity index (χ4n) is 1.21. The van der Waals surface area contributed by atoms with Crippen LogP contribution in [-0.2, 0) is 0 Å². The van der Waals surface area contributed by atoms with E-state index in [4.69, 9.17) is 23.2 Å². The lowest BCUT2D eigenvalue weighted by atomic mass is 10.1. The molecule has 0 atom stereocenters. The molecule has 0 N–H and O–H groups in total. The van der Waals surface area contributed by atoms with Gasteiger partial charge in [0, 0.05) is 46.1 Å². The molecule has 0 unspecified atom stereocenters. The van der Waals surface area contributed by atoms with Gasteiger partial charge in [0.25, 0.3) is 0 Å². The van der Waals surface area contributed by atoms with Crippen LogP contribution in [0.2, 0.25) is 10.0 Å². The predicted octanol–water partition coefficient (Wildman–Crippen LogP) is 4.06. The largest absolute Gasteiger partial charge is 0.231 e. The molecular weight excluding hydrogens is 346 g/mol. The summed E-state index contributed by atoms with van der Waals surface area (Å²) < 4.78 is 0.694. The predicted molar refractivity (Wildman–Crippen MR) is 70.2 cm³/mol. The van der Waals surface area contributed by atoms with Gasteiger partial charge in [0.1, 0.15) is 0 Å². The van der Waals surface area contributed by atoms with Crippen molar-refractivity contribution in [3.8, 4) is 11.1 Å². The fraction of sp³-hybridized carbons (Fsp3) is 0. The van der Waals surface area contributed by atoms with E-state index in [2.05, 4.69) is 9.97 Å². The van der Waals surface area contributed by atoms with Gasteiger partial charge in [-0.1, -0.05) is 29.3 Å². The Morgan fingerprint density at radius 1 is 1.00 bits per heavy atom. The van der Waals surface area contributed by atoms with Gasteiger partial charge in [-0.25, -0.2) is 9.97 Å². The van der Waals surface area contributed by atoms with Crippen molar-refractivity contribution in [2.45, 2.75) is 0 Å². The molecule has 1 aromatic carbocycles. The maximum absolute atomic E-state index is 6.06. The highest BCUT2D eigenvalue weighted by molar-refractivity contribution is 14.1. The zero-order valence-corrected chi connectivity index (χ0v) is 11.1. The van der Waals surface area contributed by atoms with Gasteiger partial charge < -0.3 is 0 Å². The standard InChI is InChI=1S/C10H5Cl2IN2/c11-7-2-1-3-8(12)9(7)6-4-14-10(13)15-5-6/h1-5H. The van der Waals surface area contributed by atoms with Gasteiger partial charge in [-0.2, -0.15) is 0 Å². The first-order valence-electron chi connectivity index (χ1n) is 4.10. The summed E-state index contributed by atoms with van der Waals surface area (Å²) in [6, 6.07) is 5.39. The summed E-state index contributed by atoms with van der Waals surface area (Å²) in [6.07, 6.45) is 3.42. The number of hydrogen-bond donors (Lipinski definition) is 0. The van der Waals surface area contributed by atoms with Crippen molar-refractivity contribution < 1.29 is 0 Å². The maximum atomic E-state index is 6.06. The Balaban J connectivity index is 2.58. The molecule has 76 valence electrons. The lowest BCUT2D eigenvalue weighted by Crippen LogP contribution is -1.88. The quantitative estimate of drug-likeness (QED) is 0.572. The average molecular weight is 351 g/mol. The van der Waals surface area contributed by atoms with Crippen LogP contribution in [0.25, 0.3) is 11.1 Å². The van der Waals surface area contributed by atoms with E-state index in [9.17, 15) is 0 Å². The third kappa shape index (κ3) is 2.41. The number of halogens is 3. The first-order chi connectivity index (χ1) is 7.18. The van der Waals surface area contributed by atoms with Crippen molar-refractivity contribution >= 4 is 45.8 Å². The van der Waals surface area contributed by atoms with Crippen molar-refractivity contribution in [2.75, 3.05) is 0 Å². The minimum absolute atomic E-state index is 0.604. The lowest BCUT2D eigenvalue weighted by molar-refractivity contribution is 1.11. The average Bonchev–Trinajstić information content (AvgIpc) is 2.20. The third-order valence-corrected chi connectivity index (χ3v) is 3.06. The van der Waals surface area contributed by atoms with Crippen LogP contribution in [-0.4, -0.2) is 9.97 Å². The van der Waals surface area contributed by atoms with Gasteiger partial charge in [0.15, 0.2) is 3.83 Å². The fourth-order valence-corrected chi connectivity index (χ4v) is 2.11. The summed E-state index contributed by atoms with van der Waals surface area (Å²) >= 11 is 14.2. The first-order valence-corrected chi connectivity index (χ1v) is 5.94. The van der Waals surface area contributed by atoms with Crippen molar-refractivity contribution in [1.82, 2.24) is 9.97 Å². The Hall–Kier alpha value is -0.390. The van der Waals surface area contributed by atoms with Crippen LogP contribution in [0.15, 0.2) is 30.6 Å². The van der Waals surface area contributed by atoms with Gasteiger partial charge in [-0.05, 0) is 12.1 Å². The minimum Gasteiger partial charge on any atom is -0.231 e. The molecule has 0 bridgehead atoms. The summed E-state index contributed by atoms with van der Waals surface area (Å²) in [5.41, 5.74) is 1.60. The smallest absolute Gasteiger partial charge is 0.190 e. The minimum atomic E-state index is 0.604. The van der Waals surface area contributed by atoms with Gasteiger partial charge >= 0.3 is 0 Å². The Labute approximate surface area is 111 Å². The highest BCUT2D eigenvalue weighted by Crippen LogP contribution is 2.33. The molecule has 15 heavy (non-hydrogen) atoms. The van der Waals surface area contributed by atoms with Crippen molar-refractivity contribution in [3.63, 3.8) is 0 Å². The maximum Gasteiger partial charge on any atom is 0.190 e. The van der Waals surface area contributed by atoms with Crippen molar-refractivity contribution in [2.24, 2.45) is 0 Å². The van der Waals surface area contributed by atoms with Crippen LogP contribution in [0, 0.1) is 3.83 Å². The van der Waals surface area contributed by atoms with Crippen LogP contribution in [0.1, 0.15) is 0 Å². The molecule has 0 amide bonds. The topological polar surface area (TPSA) is 25.8 Å². The van der Waals surface area contributed by atoms with E-state index in [0.717, 1.165) is 11.1 Å². The summed E-state index contributed by atoms with van der Waals surface area (Å²) in [6.45, 7) is 0. The molecule has 2 aromatic rings. The van der Waals surface area contributed by atoms with Gasteiger partial charge in [-0.15, -0.1) is 0 Å². The summed E-state index contributed by atoms with van der Waals surface area (Å²) in [4.78, 5) is 8.19. The summed E-state index contributed by atoms with van der Waals surface area (Å²) in [5, 5.41) is 1.21. The molecule has 1 aromatic heterocycles. The Kier molecular flexibility index (Phi) is 3.43. The monoisotopic (exact) mass is 350 g/mol. The molecule has 0 aliphatic heterocycles. The van der Waals surface area contributed by atoms with Crippen LogP contribution >= 0.6 is 45.8 Å². The molecule has 0 aliphatic rings. The number of nitrogens with zero attached hydrogens (tertiary/aromatic N) is 2. The molecule has 2 nitrogen and oxygen atoms in total. The van der Waals surface area contributed by atoms with Crippen LogP contribution in [0.4, 0.5) is 0 Å². The highest BCUT2D eigenvalue weighted by atomic mass is 127. The van der Waals surface area contributed by atoms with E-state index in [1.165, 1.54) is 0 Å². The van der Waals surface area contributed by atoms with Gasteiger partial charge in [-0.3, -0.25) is 0 Å². The summed E-state index contributed by atoms with van der Waals surface area (Å²) in [7, 11) is 0. The van der Waals surface area contributed by atoms with E-state index in [1.807, 2.05) is 28.7 Å². The lowest BCUT2D eigenvalue weighted by Gasteiger charge is -2.05. The molecule has 1 heterocycles. The molecule has 0 saturated carbocycles. The van der Waals surface area contributed by atoms with Gasteiger partial charge in [0.2, 0.25) is 0 Å². The normalized spacial score (nSPS) is 10.3. The second-order valence-corrected chi connectivity index (χ2v) is 4.62. The first kappa shape index (κ1) is 11.1. The number of benzene rings is 1. The Bertz CT molecular complexity index is 465. The Morgan fingerprint density at radius 2 is 1.53 bits per heavy atom. The van der Waals surface area contributed by atoms with Crippen LogP contribution < -0.4 is 0 Å². The molecule has 2 rings (SSSR count). The second-order valence-electron chi connectivity index (χ2n) is 2.84. The zero-order chi connectivity index (χ0) is 10.8. The summed E-state index contributed by atoms with van der Waals surface area (Å²) in [5.74, 6) is 0. The SMILES string of the molecule is Clc1cccc(Cl)c1-c1cnc(I)nc1.